The molecular weight excluding hydrogens is 178 g/mol. The van der Waals surface area contributed by atoms with Crippen LogP contribution in [0.15, 0.2) is 24.3 Å². The van der Waals surface area contributed by atoms with Crippen molar-refractivity contribution in [2.45, 2.75) is 20.0 Å². The predicted molar refractivity (Wildman–Crippen MR) is 56.3 cm³/mol. The smallest absolute Gasteiger partial charge is 0.188 e. The summed E-state index contributed by atoms with van der Waals surface area (Å²) in [6.07, 6.45) is 0.0695. The maximum atomic E-state index is 11.5. The molecule has 0 heterocycles. The van der Waals surface area contributed by atoms with E-state index in [9.17, 15) is 4.79 Å². The highest BCUT2D eigenvalue weighted by atomic mass is 16.5. The van der Waals surface area contributed by atoms with Gasteiger partial charge in [-0.15, -0.1) is 0 Å². The molecule has 0 amide bonds. The Bertz CT molecular complexity index is 321. The number of hydrogen-bond donors (Lipinski definition) is 1. The molecule has 76 valence electrons. The van der Waals surface area contributed by atoms with Gasteiger partial charge in [0.2, 0.25) is 0 Å². The van der Waals surface area contributed by atoms with Gasteiger partial charge in [-0.1, -0.05) is 12.1 Å². The second-order valence-electron chi connectivity index (χ2n) is 3.41. The van der Waals surface area contributed by atoms with Crippen LogP contribution in [0.1, 0.15) is 24.2 Å². The molecule has 0 aliphatic carbocycles. The average molecular weight is 193 g/mol. The second-order valence-corrected chi connectivity index (χ2v) is 3.41. The number of nitrogens with two attached hydrogens (primary N) is 1. The van der Waals surface area contributed by atoms with Crippen LogP contribution in [0, 0.1) is 0 Å². The third-order valence-corrected chi connectivity index (χ3v) is 1.76. The summed E-state index contributed by atoms with van der Waals surface area (Å²) in [5.41, 5.74) is 6.76. The lowest BCUT2D eigenvalue weighted by Crippen LogP contribution is -2.13. The van der Waals surface area contributed by atoms with Crippen LogP contribution in [0.4, 0.5) is 5.69 Å². The van der Waals surface area contributed by atoms with Crippen molar-refractivity contribution in [3.63, 3.8) is 0 Å². The minimum absolute atomic E-state index is 0.0361. The van der Waals surface area contributed by atoms with Crippen LogP contribution in [-0.4, -0.2) is 18.5 Å². The highest BCUT2D eigenvalue weighted by Crippen LogP contribution is 2.07. The van der Waals surface area contributed by atoms with E-state index in [0.717, 1.165) is 0 Å². The van der Waals surface area contributed by atoms with Crippen LogP contribution in [-0.2, 0) is 4.74 Å². The van der Waals surface area contributed by atoms with Gasteiger partial charge in [0.15, 0.2) is 5.78 Å². The molecule has 0 atom stereocenters. The first-order valence-corrected chi connectivity index (χ1v) is 4.60. The molecular formula is C11H15NO2. The largest absolute Gasteiger partial charge is 0.399 e. The number of carbonyl (C=O) groups is 1. The van der Waals surface area contributed by atoms with Gasteiger partial charge >= 0.3 is 0 Å². The number of hydrogen-bond acceptors (Lipinski definition) is 3. The number of rotatable bonds is 4. The summed E-state index contributed by atoms with van der Waals surface area (Å²) in [6.45, 7) is 3.90. The zero-order valence-electron chi connectivity index (χ0n) is 8.49. The molecule has 3 heteroatoms. The number of nitrogen functional groups attached to an aromatic ring is 1. The van der Waals surface area contributed by atoms with Crippen LogP contribution in [0.3, 0.4) is 0 Å². The molecule has 2 N–H and O–H groups in total. The van der Waals surface area contributed by atoms with E-state index >= 15 is 0 Å². The van der Waals surface area contributed by atoms with E-state index in [0.29, 0.717) is 11.3 Å². The van der Waals surface area contributed by atoms with Crippen molar-refractivity contribution < 1.29 is 9.53 Å². The highest BCUT2D eigenvalue weighted by molar-refractivity contribution is 5.97. The molecule has 1 aromatic rings. The maximum absolute atomic E-state index is 11.5. The zero-order chi connectivity index (χ0) is 10.6. The van der Waals surface area contributed by atoms with Crippen molar-refractivity contribution in [1.82, 2.24) is 0 Å². The van der Waals surface area contributed by atoms with Crippen LogP contribution in [0.25, 0.3) is 0 Å². The quantitative estimate of drug-likeness (QED) is 0.586. The fraction of sp³-hybridized carbons (Fsp3) is 0.364. The number of anilines is 1. The van der Waals surface area contributed by atoms with Crippen molar-refractivity contribution in [1.29, 1.82) is 0 Å². The van der Waals surface area contributed by atoms with Gasteiger partial charge < -0.3 is 10.5 Å². The Hall–Kier alpha value is -1.35. The van der Waals surface area contributed by atoms with Crippen molar-refractivity contribution in [2.24, 2.45) is 0 Å². The van der Waals surface area contributed by atoms with E-state index in [-0.39, 0.29) is 18.5 Å². The Labute approximate surface area is 83.9 Å². The van der Waals surface area contributed by atoms with Gasteiger partial charge in [0.05, 0.1) is 6.10 Å². The van der Waals surface area contributed by atoms with Gasteiger partial charge in [-0.2, -0.15) is 0 Å². The molecule has 0 aromatic heterocycles. The Morgan fingerprint density at radius 3 is 2.79 bits per heavy atom. The standard InChI is InChI=1S/C11H15NO2/c1-8(2)14-7-11(13)9-4-3-5-10(12)6-9/h3-6,8H,7,12H2,1-2H3. The SMILES string of the molecule is CC(C)OCC(=O)c1cccc(N)c1. The lowest BCUT2D eigenvalue weighted by Gasteiger charge is -2.06. The molecule has 0 fully saturated rings. The second kappa shape index (κ2) is 4.77. The Morgan fingerprint density at radius 1 is 1.50 bits per heavy atom. The van der Waals surface area contributed by atoms with E-state index in [2.05, 4.69) is 0 Å². The van der Waals surface area contributed by atoms with Crippen molar-refractivity contribution in [3.8, 4) is 0 Å². The van der Waals surface area contributed by atoms with Crippen LogP contribution < -0.4 is 5.73 Å². The number of benzene rings is 1. The van der Waals surface area contributed by atoms with E-state index in [1.165, 1.54) is 0 Å². The fourth-order valence-electron chi connectivity index (χ4n) is 1.04. The van der Waals surface area contributed by atoms with Crippen LogP contribution in [0.2, 0.25) is 0 Å². The lowest BCUT2D eigenvalue weighted by molar-refractivity contribution is 0.0585. The number of Topliss-reactive ketones (excluding diaryl/α,β-unsaturated/α-hetero) is 1. The molecule has 1 rings (SSSR count). The Kier molecular flexibility index (Phi) is 3.65. The molecule has 0 saturated carbocycles. The summed E-state index contributed by atoms with van der Waals surface area (Å²) in [7, 11) is 0. The average Bonchev–Trinajstić information content (AvgIpc) is 2.14. The monoisotopic (exact) mass is 193 g/mol. The van der Waals surface area contributed by atoms with Gasteiger partial charge in [0, 0.05) is 11.3 Å². The first kappa shape index (κ1) is 10.7. The van der Waals surface area contributed by atoms with Crippen molar-refractivity contribution >= 4 is 11.5 Å². The lowest BCUT2D eigenvalue weighted by atomic mass is 10.1. The molecule has 0 aliphatic rings. The van der Waals surface area contributed by atoms with Crippen LogP contribution >= 0.6 is 0 Å². The number of ether oxygens (including phenoxy) is 1. The molecule has 0 radical (unpaired) electrons. The normalized spacial score (nSPS) is 10.5. The molecule has 0 aliphatic heterocycles. The molecule has 0 spiro atoms. The maximum Gasteiger partial charge on any atom is 0.188 e. The third kappa shape index (κ3) is 3.18. The minimum Gasteiger partial charge on any atom is -0.399 e. The van der Waals surface area contributed by atoms with Gasteiger partial charge in [-0.25, -0.2) is 0 Å². The summed E-state index contributed by atoms with van der Waals surface area (Å²) < 4.78 is 5.21. The summed E-state index contributed by atoms with van der Waals surface area (Å²) in [4.78, 5) is 11.5. The third-order valence-electron chi connectivity index (χ3n) is 1.76. The molecule has 0 bridgehead atoms. The molecule has 0 saturated heterocycles. The summed E-state index contributed by atoms with van der Waals surface area (Å²) in [5, 5.41) is 0. The zero-order valence-corrected chi connectivity index (χ0v) is 8.49. The van der Waals surface area contributed by atoms with Crippen LogP contribution in [0.5, 0.6) is 0 Å². The first-order valence-electron chi connectivity index (χ1n) is 4.60. The summed E-state index contributed by atoms with van der Waals surface area (Å²) in [6, 6.07) is 6.91. The van der Waals surface area contributed by atoms with E-state index in [1.807, 2.05) is 13.8 Å². The van der Waals surface area contributed by atoms with E-state index in [1.54, 1.807) is 24.3 Å². The van der Waals surface area contributed by atoms with E-state index in [4.69, 9.17) is 10.5 Å². The Morgan fingerprint density at radius 2 is 2.21 bits per heavy atom. The van der Waals surface area contributed by atoms with Crippen molar-refractivity contribution in [3.05, 3.63) is 29.8 Å². The molecule has 1 aromatic carbocycles. The molecule has 0 unspecified atom stereocenters. The van der Waals surface area contributed by atoms with Gasteiger partial charge in [0.1, 0.15) is 6.61 Å². The van der Waals surface area contributed by atoms with Gasteiger partial charge in [-0.05, 0) is 26.0 Å². The van der Waals surface area contributed by atoms with Gasteiger partial charge in [0.25, 0.3) is 0 Å². The Balaban J connectivity index is 2.61. The number of ketones is 1. The van der Waals surface area contributed by atoms with E-state index < -0.39 is 0 Å². The summed E-state index contributed by atoms with van der Waals surface area (Å²) in [5.74, 6) is -0.0361. The fourth-order valence-corrected chi connectivity index (χ4v) is 1.04. The summed E-state index contributed by atoms with van der Waals surface area (Å²) >= 11 is 0. The first-order chi connectivity index (χ1) is 6.59. The topological polar surface area (TPSA) is 52.3 Å². The molecule has 3 nitrogen and oxygen atoms in total. The predicted octanol–water partition coefficient (Wildman–Crippen LogP) is 1.88. The number of carbonyl (C=O) groups excluding carboxylic acids is 1. The highest BCUT2D eigenvalue weighted by Gasteiger charge is 2.06. The minimum atomic E-state index is -0.0361. The molecule has 14 heavy (non-hydrogen) atoms. The van der Waals surface area contributed by atoms with Gasteiger partial charge in [-0.3, -0.25) is 4.79 Å². The van der Waals surface area contributed by atoms with Crippen molar-refractivity contribution in [2.75, 3.05) is 12.3 Å².